The quantitative estimate of drug-likeness (QED) is 0.781. The van der Waals surface area contributed by atoms with Gasteiger partial charge in [-0.05, 0) is 24.0 Å². The lowest BCUT2D eigenvalue weighted by atomic mass is 9.78. The zero-order chi connectivity index (χ0) is 17.5. The molecule has 5 rings (SSSR count). The Labute approximate surface area is 154 Å². The minimum atomic E-state index is -0.597. The van der Waals surface area contributed by atoms with Crippen LogP contribution in [-0.2, 0) is 32.2 Å². The van der Waals surface area contributed by atoms with Gasteiger partial charge < -0.3 is 18.9 Å². The first-order valence-electron chi connectivity index (χ1n) is 9.49. The molecule has 1 heterocycles. The highest BCUT2D eigenvalue weighted by Gasteiger charge is 2.66. The first-order chi connectivity index (χ1) is 12.8. The van der Waals surface area contributed by atoms with E-state index in [9.17, 15) is 0 Å². The first-order valence-corrected chi connectivity index (χ1v) is 9.49. The molecule has 26 heavy (non-hydrogen) atoms. The fraction of sp³-hybridized carbons (Fsp3) is 0.455. The molecule has 3 aliphatic rings. The van der Waals surface area contributed by atoms with Gasteiger partial charge in [-0.1, -0.05) is 60.7 Å². The Bertz CT molecular complexity index is 684. The highest BCUT2D eigenvalue weighted by atomic mass is 16.8. The van der Waals surface area contributed by atoms with Crippen molar-refractivity contribution in [3.8, 4) is 0 Å². The standard InChI is InChI=1S/C22H24O4/c1-3-7-17(8-4-1)15-23-21-13-11-19(21)26-22(14-12-20(22)25-21)24-16-18-9-5-2-6-10-18/h1-10,19-20H,11-16H2/t19-,20-,21+,22+/m0/s1. The average Bonchev–Trinajstić information content (AvgIpc) is 2.67. The van der Waals surface area contributed by atoms with Crippen LogP contribution in [0, 0.1) is 0 Å². The number of rotatable bonds is 6. The van der Waals surface area contributed by atoms with Crippen LogP contribution < -0.4 is 0 Å². The summed E-state index contributed by atoms with van der Waals surface area (Å²) in [6.07, 6.45) is 3.60. The number of benzene rings is 2. The van der Waals surface area contributed by atoms with E-state index in [4.69, 9.17) is 18.9 Å². The maximum Gasteiger partial charge on any atom is 0.195 e. The Balaban J connectivity index is 1.24. The van der Waals surface area contributed by atoms with Gasteiger partial charge in [0.2, 0.25) is 0 Å². The molecule has 0 N–H and O–H groups in total. The molecule has 0 amide bonds. The molecule has 2 aromatic rings. The third kappa shape index (κ3) is 2.78. The van der Waals surface area contributed by atoms with Crippen molar-refractivity contribution < 1.29 is 18.9 Å². The molecule has 0 radical (unpaired) electrons. The Morgan fingerprint density at radius 1 is 0.692 bits per heavy atom. The van der Waals surface area contributed by atoms with Crippen LogP contribution in [0.15, 0.2) is 60.7 Å². The van der Waals surface area contributed by atoms with Crippen LogP contribution in [0.3, 0.4) is 0 Å². The van der Waals surface area contributed by atoms with Crippen molar-refractivity contribution >= 4 is 0 Å². The van der Waals surface area contributed by atoms with E-state index in [0.717, 1.165) is 36.8 Å². The second-order valence-electron chi connectivity index (χ2n) is 7.46. The third-order valence-electron chi connectivity index (χ3n) is 5.83. The van der Waals surface area contributed by atoms with Crippen molar-refractivity contribution in [1.29, 1.82) is 0 Å². The van der Waals surface area contributed by atoms with Crippen molar-refractivity contribution in [2.45, 2.75) is 62.7 Å². The molecule has 0 aromatic heterocycles. The minimum Gasteiger partial charge on any atom is -0.343 e. The van der Waals surface area contributed by atoms with Crippen LogP contribution in [-0.4, -0.2) is 23.8 Å². The smallest absolute Gasteiger partial charge is 0.195 e. The van der Waals surface area contributed by atoms with Crippen LogP contribution in [0.2, 0.25) is 0 Å². The molecule has 1 aliphatic heterocycles. The van der Waals surface area contributed by atoms with E-state index in [-0.39, 0.29) is 12.2 Å². The SMILES string of the molecule is c1ccc(CO[C@@]23CC[C@@H]2O[C@]2(OCc4ccccc4)CC[C@@H]2O3)cc1. The van der Waals surface area contributed by atoms with Gasteiger partial charge in [0.1, 0.15) is 12.2 Å². The maximum atomic E-state index is 6.41. The number of fused-ring (bicyclic) bond motifs is 2. The van der Waals surface area contributed by atoms with Crippen LogP contribution in [0.5, 0.6) is 0 Å². The Morgan fingerprint density at radius 2 is 1.12 bits per heavy atom. The van der Waals surface area contributed by atoms with Crippen LogP contribution in [0.1, 0.15) is 36.8 Å². The highest BCUT2D eigenvalue weighted by Crippen LogP contribution is 2.55. The van der Waals surface area contributed by atoms with Crippen molar-refractivity contribution in [3.05, 3.63) is 71.8 Å². The van der Waals surface area contributed by atoms with Gasteiger partial charge in [-0.2, -0.15) is 0 Å². The zero-order valence-electron chi connectivity index (χ0n) is 14.8. The molecule has 2 saturated carbocycles. The van der Waals surface area contributed by atoms with Gasteiger partial charge in [0.05, 0.1) is 13.2 Å². The number of hydrogen-bond acceptors (Lipinski definition) is 4. The molecule has 4 heteroatoms. The summed E-state index contributed by atoms with van der Waals surface area (Å²) < 4.78 is 25.3. The maximum absolute atomic E-state index is 6.41. The summed E-state index contributed by atoms with van der Waals surface area (Å²) >= 11 is 0. The fourth-order valence-corrected chi connectivity index (χ4v) is 4.00. The molecule has 2 aromatic carbocycles. The summed E-state index contributed by atoms with van der Waals surface area (Å²) in [5.74, 6) is -1.19. The highest BCUT2D eigenvalue weighted by molar-refractivity contribution is 5.15. The van der Waals surface area contributed by atoms with Crippen molar-refractivity contribution in [3.63, 3.8) is 0 Å². The lowest BCUT2D eigenvalue weighted by Gasteiger charge is -2.62. The molecule has 4 nitrogen and oxygen atoms in total. The topological polar surface area (TPSA) is 36.9 Å². The second-order valence-corrected chi connectivity index (χ2v) is 7.46. The lowest BCUT2D eigenvalue weighted by Crippen LogP contribution is -2.73. The van der Waals surface area contributed by atoms with Crippen LogP contribution in [0.4, 0.5) is 0 Å². The molecular weight excluding hydrogens is 328 g/mol. The van der Waals surface area contributed by atoms with Gasteiger partial charge in [-0.3, -0.25) is 0 Å². The van der Waals surface area contributed by atoms with Crippen molar-refractivity contribution in [2.24, 2.45) is 0 Å². The zero-order valence-corrected chi connectivity index (χ0v) is 14.8. The molecule has 2 aliphatic carbocycles. The summed E-state index contributed by atoms with van der Waals surface area (Å²) in [4.78, 5) is 0. The summed E-state index contributed by atoms with van der Waals surface area (Å²) in [7, 11) is 0. The Morgan fingerprint density at radius 3 is 1.46 bits per heavy atom. The second kappa shape index (κ2) is 6.46. The molecule has 4 atom stereocenters. The van der Waals surface area contributed by atoms with E-state index in [1.165, 1.54) is 0 Å². The van der Waals surface area contributed by atoms with Gasteiger partial charge in [0, 0.05) is 12.8 Å². The molecule has 3 fully saturated rings. The van der Waals surface area contributed by atoms with Gasteiger partial charge >= 0.3 is 0 Å². The predicted molar refractivity (Wildman–Crippen MR) is 96.1 cm³/mol. The normalized spacial score (nSPS) is 34.9. The summed E-state index contributed by atoms with van der Waals surface area (Å²) in [6, 6.07) is 20.4. The van der Waals surface area contributed by atoms with Gasteiger partial charge in [0.15, 0.2) is 11.6 Å². The minimum absolute atomic E-state index is 0.0430. The van der Waals surface area contributed by atoms with Crippen LogP contribution in [0.25, 0.3) is 0 Å². The predicted octanol–water partition coefficient (Wildman–Crippen LogP) is 4.18. The monoisotopic (exact) mass is 352 g/mol. The fourth-order valence-electron chi connectivity index (χ4n) is 4.00. The third-order valence-corrected chi connectivity index (χ3v) is 5.83. The Kier molecular flexibility index (Phi) is 4.09. The first kappa shape index (κ1) is 16.5. The molecule has 136 valence electrons. The number of ether oxygens (including phenoxy) is 4. The van der Waals surface area contributed by atoms with E-state index in [1.807, 2.05) is 36.4 Å². The molecule has 0 unspecified atom stereocenters. The van der Waals surface area contributed by atoms with Gasteiger partial charge in [-0.15, -0.1) is 0 Å². The largest absolute Gasteiger partial charge is 0.343 e. The van der Waals surface area contributed by atoms with E-state index >= 15 is 0 Å². The van der Waals surface area contributed by atoms with Crippen LogP contribution >= 0.6 is 0 Å². The van der Waals surface area contributed by atoms with Crippen molar-refractivity contribution in [2.75, 3.05) is 0 Å². The van der Waals surface area contributed by atoms with E-state index < -0.39 is 11.6 Å². The molecule has 0 bridgehead atoms. The molecular formula is C22H24O4. The molecule has 1 saturated heterocycles. The lowest BCUT2D eigenvalue weighted by molar-refractivity contribution is -0.494. The average molecular weight is 352 g/mol. The van der Waals surface area contributed by atoms with E-state index in [0.29, 0.717) is 13.2 Å². The van der Waals surface area contributed by atoms with E-state index in [1.54, 1.807) is 0 Å². The Hall–Kier alpha value is -1.72. The van der Waals surface area contributed by atoms with E-state index in [2.05, 4.69) is 24.3 Å². The van der Waals surface area contributed by atoms with Gasteiger partial charge in [0.25, 0.3) is 0 Å². The number of hydrogen-bond donors (Lipinski definition) is 0. The molecule has 0 spiro atoms. The summed E-state index contributed by atoms with van der Waals surface area (Å²) in [5.41, 5.74) is 2.31. The summed E-state index contributed by atoms with van der Waals surface area (Å²) in [6.45, 7) is 1.09. The van der Waals surface area contributed by atoms with Gasteiger partial charge in [-0.25, -0.2) is 0 Å². The summed E-state index contributed by atoms with van der Waals surface area (Å²) in [5, 5.41) is 0. The van der Waals surface area contributed by atoms with Crippen molar-refractivity contribution in [1.82, 2.24) is 0 Å².